The molecule has 0 rings (SSSR count). The maximum absolute atomic E-state index is 12.4. The first kappa shape index (κ1) is 21.3. The van der Waals surface area contributed by atoms with Crippen LogP contribution in [0.5, 0.6) is 0 Å². The zero-order valence-corrected chi connectivity index (χ0v) is 15.3. The Hall–Kier alpha value is -1.67. The molecule has 1 atom stereocenters. The van der Waals surface area contributed by atoms with Crippen molar-refractivity contribution in [1.29, 1.82) is 0 Å². The van der Waals surface area contributed by atoms with Gasteiger partial charge >= 0.3 is 17.9 Å². The summed E-state index contributed by atoms with van der Waals surface area (Å²) in [4.78, 5) is 39.3. The van der Waals surface area contributed by atoms with Gasteiger partial charge in [0.2, 0.25) is 0 Å². The average Bonchev–Trinajstić information content (AvgIpc) is 2.51. The fourth-order valence-corrected chi connectivity index (χ4v) is 4.46. The third-order valence-electron chi connectivity index (χ3n) is 3.82. The molecule has 23 heavy (non-hydrogen) atoms. The van der Waals surface area contributed by atoms with Gasteiger partial charge in [-0.2, -0.15) is 0 Å². The Bertz CT molecular complexity index is 439. The summed E-state index contributed by atoms with van der Waals surface area (Å²) in [5.41, 5.74) is 2.49. The first-order valence-corrected chi connectivity index (χ1v) is 10.3. The summed E-state index contributed by atoms with van der Waals surface area (Å²) in [6, 6.07) is 1.33. The van der Waals surface area contributed by atoms with Gasteiger partial charge in [0.25, 0.3) is 8.32 Å². The SMILES string of the molecule is C=C(C)C(=O)ON[C@@H](CCC(=O)O)C(=O)O[Si](CC)(CC)CC. The molecular weight excluding hydrogens is 318 g/mol. The summed E-state index contributed by atoms with van der Waals surface area (Å²) in [6.07, 6.45) is -0.268. The van der Waals surface area contributed by atoms with E-state index in [0.717, 1.165) is 18.1 Å². The molecule has 0 heterocycles. The molecule has 0 amide bonds. The number of carbonyl (C=O) groups excluding carboxylic acids is 2. The molecule has 132 valence electrons. The molecule has 0 radical (unpaired) electrons. The number of hydroxylamine groups is 1. The van der Waals surface area contributed by atoms with Gasteiger partial charge < -0.3 is 14.4 Å². The van der Waals surface area contributed by atoms with E-state index in [1.165, 1.54) is 6.92 Å². The van der Waals surface area contributed by atoms with E-state index in [2.05, 4.69) is 12.1 Å². The van der Waals surface area contributed by atoms with Gasteiger partial charge in [-0.15, -0.1) is 5.48 Å². The number of aliphatic carboxylic acids is 1. The maximum Gasteiger partial charge on any atom is 0.351 e. The first-order valence-electron chi connectivity index (χ1n) is 7.78. The van der Waals surface area contributed by atoms with E-state index in [4.69, 9.17) is 14.4 Å². The van der Waals surface area contributed by atoms with Gasteiger partial charge in [-0.05, 0) is 31.5 Å². The molecule has 0 aromatic rings. The Morgan fingerprint density at radius 2 is 1.70 bits per heavy atom. The molecular formula is C15H27NO6Si. The molecule has 0 saturated carbocycles. The normalized spacial score (nSPS) is 12.3. The van der Waals surface area contributed by atoms with Crippen LogP contribution in [0.4, 0.5) is 0 Å². The zero-order valence-electron chi connectivity index (χ0n) is 14.3. The number of carboxylic acid groups (broad SMARTS) is 1. The fraction of sp³-hybridized carbons (Fsp3) is 0.667. The molecule has 0 aliphatic carbocycles. The predicted molar refractivity (Wildman–Crippen MR) is 88.0 cm³/mol. The van der Waals surface area contributed by atoms with Crippen LogP contribution < -0.4 is 5.48 Å². The molecule has 2 N–H and O–H groups in total. The lowest BCUT2D eigenvalue weighted by Gasteiger charge is -2.29. The summed E-state index contributed by atoms with van der Waals surface area (Å²) in [5.74, 6) is -2.32. The number of hydrogen-bond donors (Lipinski definition) is 2. The van der Waals surface area contributed by atoms with Gasteiger partial charge in [-0.1, -0.05) is 27.4 Å². The third kappa shape index (κ3) is 7.42. The van der Waals surface area contributed by atoms with Crippen molar-refractivity contribution in [3.63, 3.8) is 0 Å². The fourth-order valence-electron chi connectivity index (χ4n) is 1.96. The summed E-state index contributed by atoms with van der Waals surface area (Å²) in [7, 11) is -2.17. The van der Waals surface area contributed by atoms with Gasteiger partial charge in [0, 0.05) is 12.0 Å². The van der Waals surface area contributed by atoms with Crippen molar-refractivity contribution in [2.45, 2.75) is 64.7 Å². The minimum atomic E-state index is -2.17. The van der Waals surface area contributed by atoms with Crippen LogP contribution in [0.15, 0.2) is 12.2 Å². The Kier molecular flexibility index (Phi) is 9.43. The lowest BCUT2D eigenvalue weighted by molar-refractivity contribution is -0.154. The topological polar surface area (TPSA) is 102 Å². The number of rotatable bonds is 11. The average molecular weight is 345 g/mol. The van der Waals surface area contributed by atoms with E-state index in [1.54, 1.807) is 0 Å². The number of carboxylic acids is 1. The predicted octanol–water partition coefficient (Wildman–Crippen LogP) is 2.39. The lowest BCUT2D eigenvalue weighted by Crippen LogP contribution is -2.46. The summed E-state index contributed by atoms with van der Waals surface area (Å²) in [5, 5.41) is 8.79. The molecule has 0 fully saturated rings. The molecule has 0 aliphatic heterocycles. The van der Waals surface area contributed by atoms with Crippen molar-refractivity contribution in [3.05, 3.63) is 12.2 Å². The van der Waals surface area contributed by atoms with Crippen LogP contribution in [0.3, 0.4) is 0 Å². The number of hydrogen-bond acceptors (Lipinski definition) is 6. The van der Waals surface area contributed by atoms with E-state index in [-0.39, 0.29) is 18.4 Å². The summed E-state index contributed by atoms with van der Waals surface area (Å²) in [6.45, 7) is 10.8. The van der Waals surface area contributed by atoms with Gasteiger partial charge in [0.05, 0.1) is 0 Å². The van der Waals surface area contributed by atoms with Crippen LogP contribution in [0.2, 0.25) is 18.1 Å². The summed E-state index contributed by atoms with van der Waals surface area (Å²) >= 11 is 0. The Balaban J connectivity index is 4.95. The molecule has 0 unspecified atom stereocenters. The monoisotopic (exact) mass is 345 g/mol. The van der Waals surface area contributed by atoms with Crippen LogP contribution in [-0.4, -0.2) is 37.4 Å². The Morgan fingerprint density at radius 3 is 2.09 bits per heavy atom. The third-order valence-corrected chi connectivity index (χ3v) is 8.32. The van der Waals surface area contributed by atoms with E-state index in [1.807, 2.05) is 20.8 Å². The van der Waals surface area contributed by atoms with Crippen molar-refractivity contribution in [3.8, 4) is 0 Å². The second-order valence-corrected chi connectivity index (χ2v) is 10.1. The molecule has 0 saturated heterocycles. The van der Waals surface area contributed by atoms with E-state index in [0.29, 0.717) is 0 Å². The zero-order chi connectivity index (χ0) is 18.0. The van der Waals surface area contributed by atoms with Crippen molar-refractivity contribution in [2.24, 2.45) is 0 Å². The van der Waals surface area contributed by atoms with Crippen LogP contribution >= 0.6 is 0 Å². The molecule has 8 heteroatoms. The van der Waals surface area contributed by atoms with Crippen molar-refractivity contribution >= 4 is 26.2 Å². The van der Waals surface area contributed by atoms with Crippen LogP contribution in [0.25, 0.3) is 0 Å². The summed E-state index contributed by atoms with van der Waals surface area (Å²) < 4.78 is 5.70. The van der Waals surface area contributed by atoms with Crippen molar-refractivity contribution < 1.29 is 28.8 Å². The smallest absolute Gasteiger partial charge is 0.351 e. The Labute approximate surface area is 138 Å². The molecule has 0 bridgehead atoms. The highest BCUT2D eigenvalue weighted by Gasteiger charge is 2.35. The molecule has 0 aliphatic rings. The van der Waals surface area contributed by atoms with Gasteiger partial charge in [-0.3, -0.25) is 9.59 Å². The van der Waals surface area contributed by atoms with Crippen molar-refractivity contribution in [1.82, 2.24) is 5.48 Å². The lowest BCUT2D eigenvalue weighted by atomic mass is 10.2. The van der Waals surface area contributed by atoms with E-state index < -0.39 is 32.3 Å². The minimum absolute atomic E-state index is 0.0285. The molecule has 0 aromatic carbocycles. The molecule has 0 aromatic heterocycles. The second kappa shape index (κ2) is 10.2. The maximum atomic E-state index is 12.4. The quantitative estimate of drug-likeness (QED) is 0.337. The highest BCUT2D eigenvalue weighted by Crippen LogP contribution is 2.22. The van der Waals surface area contributed by atoms with Gasteiger partial charge in [0.15, 0.2) is 0 Å². The first-order chi connectivity index (χ1) is 10.7. The van der Waals surface area contributed by atoms with E-state index >= 15 is 0 Å². The minimum Gasteiger partial charge on any atom is -0.518 e. The van der Waals surface area contributed by atoms with Gasteiger partial charge in [-0.25, -0.2) is 4.79 Å². The number of carbonyl (C=O) groups is 3. The second-order valence-electron chi connectivity index (χ2n) is 5.44. The standard InChI is InChI=1S/C15H27NO6Si/c1-6-23(7-2,8-3)22-15(20)12(9-10-13(17)18)16-21-14(19)11(4)5/h12,16H,4,6-10H2,1-3,5H3,(H,17,18)/t12-/m0/s1. The van der Waals surface area contributed by atoms with E-state index in [9.17, 15) is 14.4 Å². The largest absolute Gasteiger partial charge is 0.518 e. The molecule has 0 spiro atoms. The van der Waals surface area contributed by atoms with Crippen LogP contribution in [-0.2, 0) is 23.6 Å². The van der Waals surface area contributed by atoms with Crippen LogP contribution in [0.1, 0.15) is 40.5 Å². The highest BCUT2D eigenvalue weighted by molar-refractivity contribution is 6.75. The van der Waals surface area contributed by atoms with Crippen LogP contribution in [0, 0.1) is 0 Å². The van der Waals surface area contributed by atoms with Crippen molar-refractivity contribution in [2.75, 3.05) is 0 Å². The highest BCUT2D eigenvalue weighted by atomic mass is 28.4. The molecule has 7 nitrogen and oxygen atoms in total. The Morgan fingerprint density at radius 1 is 1.17 bits per heavy atom. The number of nitrogens with one attached hydrogen (secondary N) is 1. The van der Waals surface area contributed by atoms with Gasteiger partial charge in [0.1, 0.15) is 6.04 Å².